The van der Waals surface area contributed by atoms with Gasteiger partial charge in [0.05, 0.1) is 16.1 Å². The molecule has 0 unspecified atom stereocenters. The number of hydrogen-bond acceptors (Lipinski definition) is 6. The van der Waals surface area contributed by atoms with Crippen LogP contribution in [-0.4, -0.2) is 49.2 Å². The zero-order chi connectivity index (χ0) is 27.6. The van der Waals surface area contributed by atoms with Crippen molar-refractivity contribution in [1.82, 2.24) is 25.1 Å². The zero-order valence-corrected chi connectivity index (χ0v) is 22.0. The second-order valence-electron chi connectivity index (χ2n) is 9.84. The van der Waals surface area contributed by atoms with Crippen LogP contribution >= 0.6 is 11.6 Å². The van der Waals surface area contributed by atoms with E-state index in [-0.39, 0.29) is 41.6 Å². The number of aliphatic carboxylic acids is 1. The molecular weight excluding hydrogens is 526 g/mol. The average Bonchev–Trinajstić information content (AvgIpc) is 3.34. The number of nitrogens with one attached hydrogen (secondary N) is 2. The van der Waals surface area contributed by atoms with Gasteiger partial charge in [0, 0.05) is 35.9 Å². The van der Waals surface area contributed by atoms with E-state index in [1.807, 2.05) is 17.9 Å². The number of nitrogens with zero attached hydrogens (tertiary/aromatic N) is 4. The molecule has 8 nitrogen and oxygen atoms in total. The van der Waals surface area contributed by atoms with Crippen molar-refractivity contribution in [1.29, 1.82) is 0 Å². The summed E-state index contributed by atoms with van der Waals surface area (Å²) < 4.78 is 30.3. The lowest BCUT2D eigenvalue weighted by Crippen LogP contribution is -2.45. The van der Waals surface area contributed by atoms with Crippen molar-refractivity contribution >= 4 is 29.3 Å². The van der Waals surface area contributed by atoms with Crippen molar-refractivity contribution < 1.29 is 18.7 Å². The molecule has 0 saturated carbocycles. The van der Waals surface area contributed by atoms with E-state index in [0.717, 1.165) is 5.69 Å². The molecular formula is C28H27ClF2N6O2. The van der Waals surface area contributed by atoms with E-state index in [0.29, 0.717) is 36.6 Å². The molecule has 0 bridgehead atoms. The molecule has 3 N–H and O–H groups in total. The molecule has 3 heterocycles. The van der Waals surface area contributed by atoms with E-state index in [4.69, 9.17) is 11.6 Å². The molecule has 39 heavy (non-hydrogen) atoms. The Hall–Kier alpha value is -3.89. The predicted molar refractivity (Wildman–Crippen MR) is 144 cm³/mol. The molecule has 1 aliphatic heterocycles. The van der Waals surface area contributed by atoms with Gasteiger partial charge in [-0.05, 0) is 38.9 Å². The Morgan fingerprint density at radius 3 is 2.51 bits per heavy atom. The summed E-state index contributed by atoms with van der Waals surface area (Å²) >= 11 is 5.92. The fourth-order valence-electron chi connectivity index (χ4n) is 4.89. The van der Waals surface area contributed by atoms with Gasteiger partial charge in [0.1, 0.15) is 11.5 Å². The molecule has 0 amide bonds. The van der Waals surface area contributed by atoms with E-state index in [1.54, 1.807) is 42.5 Å². The number of rotatable bonds is 8. The molecule has 202 valence electrons. The minimum absolute atomic E-state index is 0.00958. The molecule has 0 radical (unpaired) electrons. The van der Waals surface area contributed by atoms with Gasteiger partial charge in [-0.2, -0.15) is 5.10 Å². The van der Waals surface area contributed by atoms with Gasteiger partial charge in [-0.1, -0.05) is 54.1 Å². The Balaban J connectivity index is 1.43. The van der Waals surface area contributed by atoms with Crippen LogP contribution in [0.1, 0.15) is 29.8 Å². The van der Waals surface area contributed by atoms with Crippen LogP contribution in [0.4, 0.5) is 20.5 Å². The molecule has 2 aromatic carbocycles. The maximum atomic E-state index is 15.9. The number of aromatic amines is 1. The predicted octanol–water partition coefficient (Wildman–Crippen LogP) is 5.76. The summed E-state index contributed by atoms with van der Waals surface area (Å²) in [5.41, 5.74) is 0.649. The van der Waals surface area contributed by atoms with Crippen LogP contribution in [-0.2, 0) is 17.8 Å². The maximum Gasteiger partial charge on any atom is 0.310 e. The van der Waals surface area contributed by atoms with Crippen LogP contribution in [0.15, 0.2) is 54.6 Å². The third-order valence-corrected chi connectivity index (χ3v) is 7.40. The first-order valence-corrected chi connectivity index (χ1v) is 12.9. The fraction of sp³-hybridized carbons (Fsp3) is 0.286. The normalized spacial score (nSPS) is 15.3. The minimum atomic E-state index is -1.24. The van der Waals surface area contributed by atoms with Crippen molar-refractivity contribution in [3.63, 3.8) is 0 Å². The van der Waals surface area contributed by atoms with Gasteiger partial charge >= 0.3 is 5.97 Å². The summed E-state index contributed by atoms with van der Waals surface area (Å²) in [4.78, 5) is 23.4. The summed E-state index contributed by atoms with van der Waals surface area (Å²) in [7, 11) is 0. The monoisotopic (exact) mass is 552 g/mol. The van der Waals surface area contributed by atoms with Gasteiger partial charge < -0.3 is 10.4 Å². The Morgan fingerprint density at radius 2 is 1.85 bits per heavy atom. The van der Waals surface area contributed by atoms with Gasteiger partial charge in [0.15, 0.2) is 11.6 Å². The molecule has 1 fully saturated rings. The number of anilines is 2. The fourth-order valence-corrected chi connectivity index (χ4v) is 5.08. The number of H-pyrrole nitrogens is 1. The Morgan fingerprint density at radius 1 is 1.10 bits per heavy atom. The first kappa shape index (κ1) is 26.7. The zero-order valence-electron chi connectivity index (χ0n) is 21.2. The van der Waals surface area contributed by atoms with Gasteiger partial charge in [-0.3, -0.25) is 14.8 Å². The number of aryl methyl sites for hydroxylation is 1. The highest BCUT2D eigenvalue weighted by molar-refractivity contribution is 6.30. The number of carbonyl (C=O) groups is 1. The number of halogens is 3. The molecule has 2 aromatic heterocycles. The van der Waals surface area contributed by atoms with E-state index in [1.165, 1.54) is 6.07 Å². The molecule has 0 spiro atoms. The quantitative estimate of drug-likeness (QED) is 0.255. The number of aromatic nitrogens is 4. The lowest BCUT2D eigenvalue weighted by molar-refractivity contribution is -0.152. The molecule has 11 heteroatoms. The van der Waals surface area contributed by atoms with Crippen LogP contribution in [0.5, 0.6) is 0 Å². The summed E-state index contributed by atoms with van der Waals surface area (Å²) in [5, 5.41) is 20.3. The third-order valence-electron chi connectivity index (χ3n) is 7.11. The number of piperidine rings is 1. The summed E-state index contributed by atoms with van der Waals surface area (Å²) in [6, 6.07) is 15.4. The van der Waals surface area contributed by atoms with Gasteiger partial charge in [-0.15, -0.1) is 0 Å². The van der Waals surface area contributed by atoms with E-state index >= 15 is 4.39 Å². The van der Waals surface area contributed by atoms with Gasteiger partial charge in [-0.25, -0.2) is 18.7 Å². The van der Waals surface area contributed by atoms with Crippen molar-refractivity contribution in [3.8, 4) is 11.3 Å². The number of carboxylic acids is 1. The highest BCUT2D eigenvalue weighted by Crippen LogP contribution is 2.38. The Bertz CT molecular complexity index is 1490. The summed E-state index contributed by atoms with van der Waals surface area (Å²) in [6.07, 6.45) is 0.371. The molecule has 4 aromatic rings. The molecule has 1 saturated heterocycles. The van der Waals surface area contributed by atoms with Gasteiger partial charge in [0.25, 0.3) is 0 Å². The van der Waals surface area contributed by atoms with Gasteiger partial charge in [0.2, 0.25) is 5.95 Å². The lowest BCUT2D eigenvalue weighted by Gasteiger charge is -2.39. The van der Waals surface area contributed by atoms with Crippen LogP contribution in [0.2, 0.25) is 5.02 Å². The Kier molecular flexibility index (Phi) is 7.58. The standard InChI is InChI=1S/C28H27ClF2N6O2/c1-17-14-22(36-35-17)33-27-32-21(24(31)25(34-27)18-6-3-2-4-7-18)15-28(26(38)39)10-12-37(13-11-28)16-19-8-5-9-20(29)23(19)30/h2-9,14H,10-13,15-16H2,1H3,(H,38,39)(H2,32,33,34,35,36). The largest absolute Gasteiger partial charge is 0.481 e. The topological polar surface area (TPSA) is 107 Å². The summed E-state index contributed by atoms with van der Waals surface area (Å²) in [6.45, 7) is 2.94. The highest BCUT2D eigenvalue weighted by atomic mass is 35.5. The number of carboxylic acid groups (broad SMARTS) is 1. The van der Waals surface area contributed by atoms with Crippen LogP contribution in [0.3, 0.4) is 0 Å². The smallest absolute Gasteiger partial charge is 0.310 e. The maximum absolute atomic E-state index is 15.9. The Labute approximate surface area is 229 Å². The highest BCUT2D eigenvalue weighted by Gasteiger charge is 2.43. The second kappa shape index (κ2) is 11.1. The van der Waals surface area contributed by atoms with E-state index in [9.17, 15) is 14.3 Å². The molecule has 0 aliphatic carbocycles. The number of likely N-dealkylation sites (tertiary alicyclic amines) is 1. The number of hydrogen-bond donors (Lipinski definition) is 3. The van der Waals surface area contributed by atoms with Crippen molar-refractivity contribution in [2.45, 2.75) is 32.7 Å². The van der Waals surface area contributed by atoms with Crippen molar-refractivity contribution in [3.05, 3.63) is 88.2 Å². The lowest BCUT2D eigenvalue weighted by atomic mass is 9.74. The van der Waals surface area contributed by atoms with Crippen LogP contribution < -0.4 is 5.32 Å². The first-order valence-electron chi connectivity index (χ1n) is 12.5. The SMILES string of the molecule is Cc1cc(Nc2nc(CC3(C(=O)O)CCN(Cc4cccc(Cl)c4F)CC3)c(F)c(-c3ccccc3)n2)n[nH]1. The van der Waals surface area contributed by atoms with E-state index < -0.39 is 23.0 Å². The van der Waals surface area contributed by atoms with E-state index in [2.05, 4.69) is 25.5 Å². The van der Waals surface area contributed by atoms with Crippen LogP contribution in [0.25, 0.3) is 11.3 Å². The summed E-state index contributed by atoms with van der Waals surface area (Å²) in [5.74, 6) is -1.58. The molecule has 5 rings (SSSR count). The average molecular weight is 553 g/mol. The third kappa shape index (κ3) is 5.76. The van der Waals surface area contributed by atoms with Crippen LogP contribution in [0, 0.1) is 24.0 Å². The minimum Gasteiger partial charge on any atom is -0.481 e. The number of benzene rings is 2. The first-order chi connectivity index (χ1) is 18.7. The van der Waals surface area contributed by atoms with Crippen molar-refractivity contribution in [2.75, 3.05) is 18.4 Å². The molecule has 1 aliphatic rings. The molecule has 0 atom stereocenters. The van der Waals surface area contributed by atoms with Crippen molar-refractivity contribution in [2.24, 2.45) is 5.41 Å². The second-order valence-corrected chi connectivity index (χ2v) is 10.2.